The fraction of sp³-hybridized carbons (Fsp3) is 0.333. The summed E-state index contributed by atoms with van der Waals surface area (Å²) in [6, 6.07) is 7.98. The molecule has 0 aliphatic heterocycles. The van der Waals surface area contributed by atoms with Gasteiger partial charge in [0.15, 0.2) is 0 Å². The van der Waals surface area contributed by atoms with Gasteiger partial charge in [-0.3, -0.25) is 9.78 Å². The summed E-state index contributed by atoms with van der Waals surface area (Å²) in [5, 5.41) is 2.85. The van der Waals surface area contributed by atoms with Gasteiger partial charge in [-0.25, -0.2) is 8.42 Å². The number of rotatable bonds is 7. The third kappa shape index (κ3) is 4.41. The van der Waals surface area contributed by atoms with Gasteiger partial charge in [0.05, 0.1) is 17.3 Å². The van der Waals surface area contributed by atoms with Crippen molar-refractivity contribution in [1.82, 2.24) is 14.6 Å². The zero-order chi connectivity index (χ0) is 19.3. The minimum absolute atomic E-state index is 0.0652. The maximum Gasteiger partial charge on any atom is 0.251 e. The number of nitrogens with one attached hydrogen (secondary N) is 1. The molecule has 0 unspecified atom stereocenters. The van der Waals surface area contributed by atoms with Crippen LogP contribution in [-0.2, 0) is 16.6 Å². The molecule has 0 aliphatic carbocycles. The molecule has 8 heteroatoms. The Morgan fingerprint density at radius 1 is 1.23 bits per heavy atom. The van der Waals surface area contributed by atoms with Crippen molar-refractivity contribution in [2.45, 2.75) is 32.2 Å². The summed E-state index contributed by atoms with van der Waals surface area (Å²) < 4.78 is 26.7. The number of carbonyl (C=O) groups excluding carboxylic acids is 1. The fourth-order valence-electron chi connectivity index (χ4n) is 2.51. The van der Waals surface area contributed by atoms with Crippen molar-refractivity contribution in [3.05, 3.63) is 58.4 Å². The normalized spacial score (nSPS) is 11.6. The van der Waals surface area contributed by atoms with Gasteiger partial charge in [-0.15, -0.1) is 0 Å². The number of aromatic nitrogens is 1. The number of hydrogen-bond donors (Lipinski definition) is 1. The standard InChI is InChI=1S/C18H22ClN3O3S/c1-4-22(5-2)26(24,25)17-11-14(8-9-15(17)19)18(23)21-12-16-13(3)7-6-10-20-16/h6-11H,4-5,12H2,1-3H3,(H,21,23). The lowest BCUT2D eigenvalue weighted by Crippen LogP contribution is -2.31. The quantitative estimate of drug-likeness (QED) is 0.781. The van der Waals surface area contributed by atoms with Crippen molar-refractivity contribution in [1.29, 1.82) is 0 Å². The van der Waals surface area contributed by atoms with Crippen molar-refractivity contribution in [2.24, 2.45) is 0 Å². The van der Waals surface area contributed by atoms with Crippen LogP contribution in [0.3, 0.4) is 0 Å². The third-order valence-electron chi connectivity index (χ3n) is 4.05. The van der Waals surface area contributed by atoms with Crippen LogP contribution in [0.5, 0.6) is 0 Å². The minimum Gasteiger partial charge on any atom is -0.346 e. The van der Waals surface area contributed by atoms with Crippen LogP contribution in [0, 0.1) is 6.92 Å². The van der Waals surface area contributed by atoms with Crippen LogP contribution in [0.25, 0.3) is 0 Å². The summed E-state index contributed by atoms with van der Waals surface area (Å²) in [5.41, 5.74) is 1.95. The van der Waals surface area contributed by atoms with E-state index in [0.29, 0.717) is 13.1 Å². The molecule has 0 bridgehead atoms. The number of sulfonamides is 1. The van der Waals surface area contributed by atoms with E-state index in [4.69, 9.17) is 11.6 Å². The molecule has 0 fully saturated rings. The summed E-state index contributed by atoms with van der Waals surface area (Å²) in [6.45, 7) is 6.31. The van der Waals surface area contributed by atoms with E-state index in [9.17, 15) is 13.2 Å². The first-order valence-electron chi connectivity index (χ1n) is 8.29. The first kappa shape index (κ1) is 20.4. The van der Waals surface area contributed by atoms with E-state index in [2.05, 4.69) is 10.3 Å². The van der Waals surface area contributed by atoms with Crippen LogP contribution >= 0.6 is 11.6 Å². The molecule has 1 N–H and O–H groups in total. The minimum atomic E-state index is -3.75. The molecule has 1 aromatic carbocycles. The molecule has 0 spiro atoms. The first-order valence-corrected chi connectivity index (χ1v) is 10.1. The monoisotopic (exact) mass is 395 g/mol. The van der Waals surface area contributed by atoms with Crippen molar-refractivity contribution < 1.29 is 13.2 Å². The van der Waals surface area contributed by atoms with E-state index in [1.807, 2.05) is 19.1 Å². The van der Waals surface area contributed by atoms with E-state index >= 15 is 0 Å². The highest BCUT2D eigenvalue weighted by atomic mass is 35.5. The molecule has 0 saturated carbocycles. The van der Waals surface area contributed by atoms with Crippen molar-refractivity contribution in [3.8, 4) is 0 Å². The topological polar surface area (TPSA) is 79.4 Å². The number of carbonyl (C=O) groups is 1. The van der Waals surface area contributed by atoms with Crippen molar-refractivity contribution in [3.63, 3.8) is 0 Å². The molecule has 6 nitrogen and oxygen atoms in total. The highest BCUT2D eigenvalue weighted by molar-refractivity contribution is 7.89. The Hall–Kier alpha value is -1.96. The number of pyridine rings is 1. The Kier molecular flexibility index (Phi) is 6.75. The van der Waals surface area contributed by atoms with Gasteiger partial charge >= 0.3 is 0 Å². The van der Waals surface area contributed by atoms with E-state index in [-0.39, 0.29) is 27.9 Å². The van der Waals surface area contributed by atoms with Crippen LogP contribution in [0.15, 0.2) is 41.4 Å². The van der Waals surface area contributed by atoms with Gasteiger partial charge in [-0.1, -0.05) is 31.5 Å². The lowest BCUT2D eigenvalue weighted by molar-refractivity contribution is 0.0950. The van der Waals surface area contributed by atoms with Crippen LogP contribution < -0.4 is 5.32 Å². The molecule has 0 aliphatic rings. The number of aryl methyl sites for hydroxylation is 1. The van der Waals surface area contributed by atoms with Gasteiger partial charge in [0, 0.05) is 24.8 Å². The second-order valence-corrected chi connectivity index (χ2v) is 8.00. The summed E-state index contributed by atoms with van der Waals surface area (Å²) in [7, 11) is -3.75. The van der Waals surface area contributed by atoms with Crippen LogP contribution in [-0.4, -0.2) is 36.7 Å². The molecule has 0 atom stereocenters. The van der Waals surface area contributed by atoms with Gasteiger partial charge in [-0.2, -0.15) is 4.31 Å². The molecular weight excluding hydrogens is 374 g/mol. The summed E-state index contributed by atoms with van der Waals surface area (Å²) in [5.74, 6) is -0.386. The smallest absolute Gasteiger partial charge is 0.251 e. The molecular formula is C18H22ClN3O3S. The van der Waals surface area contributed by atoms with Gasteiger partial charge in [0.25, 0.3) is 5.91 Å². The Labute approximate surface area is 159 Å². The molecule has 140 valence electrons. The second kappa shape index (κ2) is 8.62. The number of benzene rings is 1. The number of halogens is 1. The van der Waals surface area contributed by atoms with Crippen LogP contribution in [0.4, 0.5) is 0 Å². The largest absolute Gasteiger partial charge is 0.346 e. The summed E-state index contributed by atoms with van der Waals surface area (Å²) in [6.07, 6.45) is 1.66. The molecule has 26 heavy (non-hydrogen) atoms. The highest BCUT2D eigenvalue weighted by Crippen LogP contribution is 2.26. The van der Waals surface area contributed by atoms with Gasteiger partial charge in [0.2, 0.25) is 10.0 Å². The SMILES string of the molecule is CCN(CC)S(=O)(=O)c1cc(C(=O)NCc2ncccc2C)ccc1Cl. The lowest BCUT2D eigenvalue weighted by atomic mass is 10.2. The first-order chi connectivity index (χ1) is 12.3. The number of nitrogens with zero attached hydrogens (tertiary/aromatic N) is 2. The van der Waals surface area contributed by atoms with Crippen molar-refractivity contribution >= 4 is 27.5 Å². The number of amides is 1. The van der Waals surface area contributed by atoms with Gasteiger partial charge < -0.3 is 5.32 Å². The van der Waals surface area contributed by atoms with E-state index in [1.54, 1.807) is 20.0 Å². The van der Waals surface area contributed by atoms with Crippen LogP contribution in [0.2, 0.25) is 5.02 Å². The zero-order valence-electron chi connectivity index (χ0n) is 15.0. The maximum atomic E-state index is 12.7. The molecule has 0 saturated heterocycles. The average molecular weight is 396 g/mol. The van der Waals surface area contributed by atoms with E-state index < -0.39 is 10.0 Å². The highest BCUT2D eigenvalue weighted by Gasteiger charge is 2.25. The molecule has 2 rings (SSSR count). The van der Waals surface area contributed by atoms with E-state index in [0.717, 1.165) is 11.3 Å². The predicted octanol–water partition coefficient (Wildman–Crippen LogP) is 3.00. The van der Waals surface area contributed by atoms with Gasteiger partial charge in [-0.05, 0) is 36.8 Å². The number of hydrogen-bond acceptors (Lipinski definition) is 4. The molecule has 2 aromatic rings. The summed E-state index contributed by atoms with van der Waals surface area (Å²) in [4.78, 5) is 16.6. The second-order valence-electron chi connectivity index (χ2n) is 5.68. The average Bonchev–Trinajstić information content (AvgIpc) is 2.61. The van der Waals surface area contributed by atoms with Crippen molar-refractivity contribution in [2.75, 3.05) is 13.1 Å². The fourth-order valence-corrected chi connectivity index (χ4v) is 4.47. The predicted molar refractivity (Wildman–Crippen MR) is 102 cm³/mol. The summed E-state index contributed by atoms with van der Waals surface area (Å²) >= 11 is 6.09. The Morgan fingerprint density at radius 2 is 1.92 bits per heavy atom. The molecule has 0 radical (unpaired) electrons. The van der Waals surface area contributed by atoms with Gasteiger partial charge in [0.1, 0.15) is 4.90 Å². The Bertz CT molecular complexity index is 896. The maximum absolute atomic E-state index is 12.7. The molecule has 1 amide bonds. The molecule has 1 aromatic heterocycles. The lowest BCUT2D eigenvalue weighted by Gasteiger charge is -2.19. The molecule has 1 heterocycles. The zero-order valence-corrected chi connectivity index (χ0v) is 16.6. The Morgan fingerprint density at radius 3 is 2.54 bits per heavy atom. The van der Waals surface area contributed by atoms with E-state index in [1.165, 1.54) is 22.5 Å². The van der Waals surface area contributed by atoms with Crippen LogP contribution in [0.1, 0.15) is 35.5 Å². The third-order valence-corrected chi connectivity index (χ3v) is 6.58. The Balaban J connectivity index is 2.26.